The summed E-state index contributed by atoms with van der Waals surface area (Å²) >= 11 is 0. The first-order chi connectivity index (χ1) is 8.30. The number of nitrogens with zero attached hydrogens (tertiary/aromatic N) is 2. The normalized spacial score (nSPS) is 18.4. The number of carbonyl (C=O) groups excluding carboxylic acids is 1. The second-order valence-corrected chi connectivity index (χ2v) is 6.38. The Kier molecular flexibility index (Phi) is 5.41. The first-order valence-electron chi connectivity index (χ1n) is 6.73. The van der Waals surface area contributed by atoms with Crippen LogP contribution in [0.3, 0.4) is 0 Å². The van der Waals surface area contributed by atoms with Crippen LogP contribution in [0.4, 0.5) is 4.79 Å². The minimum absolute atomic E-state index is 0.268. The summed E-state index contributed by atoms with van der Waals surface area (Å²) in [7, 11) is 4.21. The number of nitrogens with two attached hydrogens (primary N) is 1. The quantitative estimate of drug-likeness (QED) is 0.761. The largest absolute Gasteiger partial charge is 0.351 e. The zero-order valence-electron chi connectivity index (χ0n) is 12.2. The monoisotopic (exact) mass is 256 g/mol. The standard InChI is InChI=1S/C13H28N4O/c1-13(2,10-16(3)4)9-15-11-5-7-17(8-6-11)12(14)18/h11,15H,5-10H2,1-4H3,(H2,14,18). The van der Waals surface area contributed by atoms with Gasteiger partial charge in [0.1, 0.15) is 0 Å². The van der Waals surface area contributed by atoms with E-state index in [4.69, 9.17) is 5.73 Å². The number of amides is 2. The van der Waals surface area contributed by atoms with Crippen molar-refractivity contribution in [1.82, 2.24) is 15.1 Å². The van der Waals surface area contributed by atoms with Gasteiger partial charge in [0.2, 0.25) is 0 Å². The zero-order valence-corrected chi connectivity index (χ0v) is 12.2. The predicted octanol–water partition coefficient (Wildman–Crippen LogP) is 0.707. The van der Waals surface area contributed by atoms with Crippen LogP contribution in [-0.4, -0.2) is 62.1 Å². The Morgan fingerprint density at radius 3 is 2.39 bits per heavy atom. The van der Waals surface area contributed by atoms with E-state index in [0.717, 1.165) is 39.0 Å². The third-order valence-corrected chi connectivity index (χ3v) is 3.42. The molecule has 0 saturated carbocycles. The molecule has 1 aliphatic heterocycles. The van der Waals surface area contributed by atoms with E-state index in [1.54, 1.807) is 4.90 Å². The molecule has 1 heterocycles. The van der Waals surface area contributed by atoms with Gasteiger partial charge in [0.25, 0.3) is 0 Å². The molecule has 0 unspecified atom stereocenters. The molecule has 5 nitrogen and oxygen atoms in total. The predicted molar refractivity (Wildman–Crippen MR) is 74.5 cm³/mol. The molecule has 0 aromatic carbocycles. The molecule has 18 heavy (non-hydrogen) atoms. The van der Waals surface area contributed by atoms with E-state index in [1.807, 2.05) is 0 Å². The van der Waals surface area contributed by atoms with E-state index in [0.29, 0.717) is 6.04 Å². The van der Waals surface area contributed by atoms with Gasteiger partial charge in [-0.15, -0.1) is 0 Å². The van der Waals surface area contributed by atoms with Crippen LogP contribution >= 0.6 is 0 Å². The molecule has 106 valence electrons. The van der Waals surface area contributed by atoms with Crippen LogP contribution in [-0.2, 0) is 0 Å². The lowest BCUT2D eigenvalue weighted by molar-refractivity contribution is 0.175. The SMILES string of the molecule is CN(C)CC(C)(C)CNC1CCN(C(N)=O)CC1. The maximum atomic E-state index is 11.0. The Hall–Kier alpha value is -0.810. The van der Waals surface area contributed by atoms with Gasteiger partial charge in [0, 0.05) is 32.2 Å². The van der Waals surface area contributed by atoms with E-state index < -0.39 is 0 Å². The zero-order chi connectivity index (χ0) is 13.8. The van der Waals surface area contributed by atoms with Crippen molar-refractivity contribution in [3.8, 4) is 0 Å². The average Bonchev–Trinajstić information content (AvgIpc) is 2.25. The average molecular weight is 256 g/mol. The summed E-state index contributed by atoms with van der Waals surface area (Å²) < 4.78 is 0. The van der Waals surface area contributed by atoms with Crippen molar-refractivity contribution < 1.29 is 4.79 Å². The lowest BCUT2D eigenvalue weighted by atomic mass is 9.92. The summed E-state index contributed by atoms with van der Waals surface area (Å²) in [6.07, 6.45) is 2.00. The highest BCUT2D eigenvalue weighted by Crippen LogP contribution is 2.16. The number of primary amides is 1. The smallest absolute Gasteiger partial charge is 0.314 e. The molecule has 1 rings (SSSR count). The van der Waals surface area contributed by atoms with E-state index >= 15 is 0 Å². The number of carbonyl (C=O) groups is 1. The molecule has 1 aliphatic rings. The number of likely N-dealkylation sites (tertiary alicyclic amines) is 1. The van der Waals surface area contributed by atoms with Gasteiger partial charge in [-0.3, -0.25) is 0 Å². The van der Waals surface area contributed by atoms with Crippen LogP contribution in [0.1, 0.15) is 26.7 Å². The third kappa shape index (κ3) is 5.23. The molecule has 2 amide bonds. The summed E-state index contributed by atoms with van der Waals surface area (Å²) in [5.41, 5.74) is 5.54. The molecule has 0 aromatic rings. The highest BCUT2D eigenvalue weighted by Gasteiger charge is 2.24. The van der Waals surface area contributed by atoms with Crippen LogP contribution in [0.2, 0.25) is 0 Å². The fourth-order valence-electron chi connectivity index (χ4n) is 2.64. The van der Waals surface area contributed by atoms with Gasteiger partial charge in [0.15, 0.2) is 0 Å². The molecule has 3 N–H and O–H groups in total. The lowest BCUT2D eigenvalue weighted by Gasteiger charge is -2.35. The fourth-order valence-corrected chi connectivity index (χ4v) is 2.64. The molecule has 0 radical (unpaired) electrons. The Balaban J connectivity index is 2.27. The molecular weight excluding hydrogens is 228 g/mol. The molecule has 1 fully saturated rings. The number of hydrogen-bond donors (Lipinski definition) is 2. The van der Waals surface area contributed by atoms with Crippen LogP contribution in [0, 0.1) is 5.41 Å². The number of rotatable bonds is 5. The van der Waals surface area contributed by atoms with Crippen molar-refractivity contribution in [2.45, 2.75) is 32.7 Å². The van der Waals surface area contributed by atoms with Crippen molar-refractivity contribution in [3.63, 3.8) is 0 Å². The number of urea groups is 1. The maximum Gasteiger partial charge on any atom is 0.314 e. The Morgan fingerprint density at radius 2 is 1.94 bits per heavy atom. The maximum absolute atomic E-state index is 11.0. The van der Waals surface area contributed by atoms with Crippen molar-refractivity contribution in [1.29, 1.82) is 0 Å². The van der Waals surface area contributed by atoms with Crippen molar-refractivity contribution in [2.75, 3.05) is 40.3 Å². The minimum atomic E-state index is -0.290. The van der Waals surface area contributed by atoms with E-state index in [-0.39, 0.29) is 11.4 Å². The molecule has 0 aromatic heterocycles. The highest BCUT2D eigenvalue weighted by atomic mass is 16.2. The molecule has 1 saturated heterocycles. The van der Waals surface area contributed by atoms with Gasteiger partial charge in [-0.2, -0.15) is 0 Å². The lowest BCUT2D eigenvalue weighted by Crippen LogP contribution is -2.49. The van der Waals surface area contributed by atoms with Gasteiger partial charge in [-0.1, -0.05) is 13.8 Å². The Bertz CT molecular complexity index is 270. The summed E-state index contributed by atoms with van der Waals surface area (Å²) in [5, 5.41) is 3.62. The summed E-state index contributed by atoms with van der Waals surface area (Å²) in [4.78, 5) is 15.0. The second kappa shape index (κ2) is 6.38. The van der Waals surface area contributed by atoms with E-state index in [1.165, 1.54) is 0 Å². The topological polar surface area (TPSA) is 61.6 Å². The van der Waals surface area contributed by atoms with Gasteiger partial charge in [0.05, 0.1) is 0 Å². The van der Waals surface area contributed by atoms with Crippen LogP contribution in [0.5, 0.6) is 0 Å². The Morgan fingerprint density at radius 1 is 1.39 bits per heavy atom. The number of nitrogens with one attached hydrogen (secondary N) is 1. The van der Waals surface area contributed by atoms with E-state index in [9.17, 15) is 4.79 Å². The molecular formula is C13H28N4O. The number of hydrogen-bond acceptors (Lipinski definition) is 3. The van der Waals surface area contributed by atoms with Crippen LogP contribution in [0.25, 0.3) is 0 Å². The highest BCUT2D eigenvalue weighted by molar-refractivity contribution is 5.72. The molecule has 0 aliphatic carbocycles. The van der Waals surface area contributed by atoms with Gasteiger partial charge < -0.3 is 20.9 Å². The molecule has 0 atom stereocenters. The van der Waals surface area contributed by atoms with Crippen LogP contribution in [0.15, 0.2) is 0 Å². The second-order valence-electron chi connectivity index (χ2n) is 6.38. The Labute approximate surface area is 111 Å². The van der Waals surface area contributed by atoms with E-state index in [2.05, 4.69) is 38.2 Å². The fraction of sp³-hybridized carbons (Fsp3) is 0.923. The molecule has 0 bridgehead atoms. The first kappa shape index (κ1) is 15.2. The van der Waals surface area contributed by atoms with Gasteiger partial charge in [-0.25, -0.2) is 4.79 Å². The first-order valence-corrected chi connectivity index (χ1v) is 6.73. The molecule has 0 spiro atoms. The van der Waals surface area contributed by atoms with Crippen LogP contribution < -0.4 is 11.1 Å². The minimum Gasteiger partial charge on any atom is -0.351 e. The summed E-state index contributed by atoms with van der Waals surface area (Å²) in [5.74, 6) is 0. The van der Waals surface area contributed by atoms with Crippen molar-refractivity contribution >= 4 is 6.03 Å². The third-order valence-electron chi connectivity index (χ3n) is 3.42. The van der Waals surface area contributed by atoms with Crippen molar-refractivity contribution in [3.05, 3.63) is 0 Å². The summed E-state index contributed by atoms with van der Waals surface area (Å²) in [6, 6.07) is 0.225. The van der Waals surface area contributed by atoms with Gasteiger partial charge >= 0.3 is 6.03 Å². The number of piperidine rings is 1. The van der Waals surface area contributed by atoms with Crippen molar-refractivity contribution in [2.24, 2.45) is 11.1 Å². The summed E-state index contributed by atoms with van der Waals surface area (Å²) in [6.45, 7) is 8.19. The van der Waals surface area contributed by atoms with Gasteiger partial charge in [-0.05, 0) is 32.4 Å². The molecule has 5 heteroatoms.